The van der Waals surface area contributed by atoms with Crippen LogP contribution in [-0.4, -0.2) is 43.1 Å². The molecule has 0 aliphatic carbocycles. The molecule has 3 rings (SSSR count). The molecule has 130 valence electrons. The average molecular weight is 343 g/mol. The molecule has 0 radical (unpaired) electrons. The molecule has 0 atom stereocenters. The van der Waals surface area contributed by atoms with Crippen molar-refractivity contribution in [1.82, 2.24) is 24.8 Å². The molecule has 3 aromatic heterocycles. The minimum absolute atomic E-state index is 0.141. The number of ketones is 1. The largest absolute Gasteiger partial charge is 0.467 e. The van der Waals surface area contributed by atoms with Crippen molar-refractivity contribution in [2.24, 2.45) is 0 Å². The number of rotatable bonds is 7. The summed E-state index contributed by atoms with van der Waals surface area (Å²) >= 11 is 0. The number of tetrazole rings is 1. The van der Waals surface area contributed by atoms with Gasteiger partial charge < -0.3 is 13.7 Å². The summed E-state index contributed by atoms with van der Waals surface area (Å²) in [6, 6.07) is 5.48. The van der Waals surface area contributed by atoms with Crippen molar-refractivity contribution < 1.29 is 18.7 Å². The molecule has 0 aliphatic rings. The molecule has 0 saturated heterocycles. The molecule has 0 amide bonds. The molecular formula is C16H17N5O4. The first-order valence-electron chi connectivity index (χ1n) is 7.63. The van der Waals surface area contributed by atoms with E-state index in [2.05, 4.69) is 15.5 Å². The Hall–Kier alpha value is -3.23. The number of hydrogen-bond acceptors (Lipinski definition) is 7. The van der Waals surface area contributed by atoms with Crippen molar-refractivity contribution in [2.45, 2.75) is 26.9 Å². The van der Waals surface area contributed by atoms with Crippen LogP contribution in [0.25, 0.3) is 0 Å². The Bertz CT molecular complexity index is 865. The van der Waals surface area contributed by atoms with Crippen LogP contribution in [0.4, 0.5) is 0 Å². The zero-order chi connectivity index (χ0) is 17.8. The summed E-state index contributed by atoms with van der Waals surface area (Å²) in [4.78, 5) is 24.1. The Kier molecular flexibility index (Phi) is 4.73. The highest BCUT2D eigenvalue weighted by Crippen LogP contribution is 2.18. The monoisotopic (exact) mass is 343 g/mol. The average Bonchev–Trinajstić information content (AvgIpc) is 3.32. The van der Waals surface area contributed by atoms with Crippen LogP contribution in [0.5, 0.6) is 0 Å². The van der Waals surface area contributed by atoms with Crippen LogP contribution >= 0.6 is 0 Å². The highest BCUT2D eigenvalue weighted by Gasteiger charge is 2.18. The van der Waals surface area contributed by atoms with E-state index >= 15 is 0 Å². The number of hydrogen-bond donors (Lipinski definition) is 0. The van der Waals surface area contributed by atoms with Crippen LogP contribution in [0.2, 0.25) is 0 Å². The SMILES string of the molecule is Cc1cc(C(=O)COC(=O)Cn2cnnn2)c(C)n1Cc1ccco1. The smallest absolute Gasteiger partial charge is 0.328 e. The van der Waals surface area contributed by atoms with E-state index in [0.29, 0.717) is 12.1 Å². The molecule has 0 spiro atoms. The summed E-state index contributed by atoms with van der Waals surface area (Å²) in [7, 11) is 0. The molecule has 0 bridgehead atoms. The van der Waals surface area contributed by atoms with Crippen LogP contribution in [0.1, 0.15) is 27.5 Å². The molecule has 0 fully saturated rings. The summed E-state index contributed by atoms with van der Waals surface area (Å²) in [6.07, 6.45) is 2.91. The van der Waals surface area contributed by atoms with Crippen molar-refractivity contribution in [1.29, 1.82) is 0 Å². The molecule has 0 aromatic carbocycles. The fraction of sp³-hybridized carbons (Fsp3) is 0.312. The Morgan fingerprint density at radius 2 is 2.16 bits per heavy atom. The van der Waals surface area contributed by atoms with Gasteiger partial charge in [0.15, 0.2) is 6.61 Å². The van der Waals surface area contributed by atoms with E-state index in [9.17, 15) is 9.59 Å². The summed E-state index contributed by atoms with van der Waals surface area (Å²) < 4.78 is 13.6. The number of ether oxygens (including phenoxy) is 1. The predicted molar refractivity (Wildman–Crippen MR) is 84.8 cm³/mol. The lowest BCUT2D eigenvalue weighted by atomic mass is 10.1. The standard InChI is InChI=1S/C16H17N5O4/c1-11-6-14(12(2)21(11)7-13-4-3-5-24-13)15(22)9-25-16(23)8-20-10-17-18-19-20/h3-6,10H,7-9H2,1-2H3. The lowest BCUT2D eigenvalue weighted by Gasteiger charge is -2.08. The summed E-state index contributed by atoms with van der Waals surface area (Å²) in [5.74, 6) is -0.0393. The summed E-state index contributed by atoms with van der Waals surface area (Å²) in [5.41, 5.74) is 2.26. The molecule has 25 heavy (non-hydrogen) atoms. The highest BCUT2D eigenvalue weighted by atomic mass is 16.5. The molecule has 0 aliphatic heterocycles. The van der Waals surface area contributed by atoms with Gasteiger partial charge in [-0.2, -0.15) is 0 Å². The maximum absolute atomic E-state index is 12.4. The van der Waals surface area contributed by atoms with Gasteiger partial charge in [0.05, 0.1) is 12.8 Å². The topological polar surface area (TPSA) is 105 Å². The van der Waals surface area contributed by atoms with Crippen LogP contribution in [0.15, 0.2) is 35.2 Å². The van der Waals surface area contributed by atoms with Crippen molar-refractivity contribution in [3.8, 4) is 0 Å². The van der Waals surface area contributed by atoms with Gasteiger partial charge in [0.2, 0.25) is 5.78 Å². The second-order valence-electron chi connectivity index (χ2n) is 5.54. The zero-order valence-corrected chi connectivity index (χ0v) is 13.9. The van der Waals surface area contributed by atoms with Gasteiger partial charge in [0, 0.05) is 17.0 Å². The summed E-state index contributed by atoms with van der Waals surface area (Å²) in [5, 5.41) is 10.4. The van der Waals surface area contributed by atoms with E-state index in [0.717, 1.165) is 17.1 Å². The highest BCUT2D eigenvalue weighted by molar-refractivity contribution is 5.99. The molecular weight excluding hydrogens is 326 g/mol. The first-order chi connectivity index (χ1) is 12.0. The van der Waals surface area contributed by atoms with Gasteiger partial charge in [-0.05, 0) is 42.5 Å². The molecule has 0 unspecified atom stereocenters. The van der Waals surface area contributed by atoms with Gasteiger partial charge in [0.25, 0.3) is 0 Å². The fourth-order valence-corrected chi connectivity index (χ4v) is 2.54. The van der Waals surface area contributed by atoms with E-state index in [1.165, 1.54) is 11.0 Å². The third-order valence-corrected chi connectivity index (χ3v) is 3.81. The van der Waals surface area contributed by atoms with Crippen LogP contribution in [-0.2, 0) is 22.6 Å². The van der Waals surface area contributed by atoms with Gasteiger partial charge in [-0.1, -0.05) is 0 Å². The third kappa shape index (κ3) is 3.82. The predicted octanol–water partition coefficient (Wildman–Crippen LogP) is 1.16. The number of aryl methyl sites for hydroxylation is 1. The fourth-order valence-electron chi connectivity index (χ4n) is 2.54. The molecule has 3 heterocycles. The van der Waals surface area contributed by atoms with Gasteiger partial charge in [0.1, 0.15) is 18.6 Å². The van der Waals surface area contributed by atoms with E-state index in [4.69, 9.17) is 9.15 Å². The van der Waals surface area contributed by atoms with E-state index in [1.807, 2.05) is 30.5 Å². The number of Topliss-reactive ketones (excluding diaryl/α,β-unsaturated/α-hetero) is 1. The second-order valence-corrected chi connectivity index (χ2v) is 5.54. The first kappa shape index (κ1) is 16.6. The quantitative estimate of drug-likeness (QED) is 0.468. The van der Waals surface area contributed by atoms with E-state index in [1.54, 1.807) is 12.3 Å². The number of carbonyl (C=O) groups excluding carboxylic acids is 2. The molecule has 0 saturated carbocycles. The first-order valence-corrected chi connectivity index (χ1v) is 7.63. The van der Waals surface area contributed by atoms with Crippen LogP contribution in [0.3, 0.4) is 0 Å². The third-order valence-electron chi connectivity index (χ3n) is 3.81. The lowest BCUT2D eigenvalue weighted by Crippen LogP contribution is -2.19. The normalized spacial score (nSPS) is 10.8. The maximum atomic E-state index is 12.4. The maximum Gasteiger partial charge on any atom is 0.328 e. The number of esters is 1. The molecule has 0 N–H and O–H groups in total. The summed E-state index contributed by atoms with van der Waals surface area (Å²) in [6.45, 7) is 3.84. The lowest BCUT2D eigenvalue weighted by molar-refractivity contribution is -0.143. The van der Waals surface area contributed by atoms with Gasteiger partial charge in [-0.3, -0.25) is 9.59 Å². The van der Waals surface area contributed by atoms with Crippen LogP contribution < -0.4 is 0 Å². The Labute approximate surface area is 143 Å². The van der Waals surface area contributed by atoms with Gasteiger partial charge >= 0.3 is 5.97 Å². The van der Waals surface area contributed by atoms with Crippen molar-refractivity contribution in [2.75, 3.05) is 6.61 Å². The van der Waals surface area contributed by atoms with Gasteiger partial charge in [-0.15, -0.1) is 5.10 Å². The molecule has 9 nitrogen and oxygen atoms in total. The Morgan fingerprint density at radius 1 is 1.32 bits per heavy atom. The Morgan fingerprint density at radius 3 is 2.84 bits per heavy atom. The van der Waals surface area contributed by atoms with Gasteiger partial charge in [-0.25, -0.2) is 4.68 Å². The Balaban J connectivity index is 1.63. The minimum Gasteiger partial charge on any atom is -0.467 e. The number of nitrogens with zero attached hydrogens (tertiary/aromatic N) is 5. The number of aromatic nitrogens is 5. The van der Waals surface area contributed by atoms with E-state index in [-0.39, 0.29) is 18.9 Å². The van der Waals surface area contributed by atoms with Crippen molar-refractivity contribution in [3.63, 3.8) is 0 Å². The molecule has 9 heteroatoms. The van der Waals surface area contributed by atoms with Crippen molar-refractivity contribution in [3.05, 3.63) is 53.5 Å². The minimum atomic E-state index is -0.579. The molecule has 3 aromatic rings. The van der Waals surface area contributed by atoms with Crippen molar-refractivity contribution >= 4 is 11.8 Å². The number of carbonyl (C=O) groups is 2. The zero-order valence-electron chi connectivity index (χ0n) is 13.9. The number of furan rings is 1. The van der Waals surface area contributed by atoms with E-state index < -0.39 is 5.97 Å². The second kappa shape index (κ2) is 7.12. The van der Waals surface area contributed by atoms with Crippen LogP contribution in [0, 0.1) is 13.8 Å².